The van der Waals surface area contributed by atoms with Crippen LogP contribution in [0.25, 0.3) is 21.3 Å². The van der Waals surface area contributed by atoms with Crippen LogP contribution in [0.3, 0.4) is 0 Å². The highest BCUT2D eigenvalue weighted by atomic mass is 35.5. The van der Waals surface area contributed by atoms with Crippen molar-refractivity contribution < 1.29 is 19.2 Å². The molecule has 2 aliphatic rings. The molecule has 0 spiro atoms. The number of carbonyl (C=O) groups excluding carboxylic acids is 1. The summed E-state index contributed by atoms with van der Waals surface area (Å²) in [5.41, 5.74) is 4.05. The lowest BCUT2D eigenvalue weighted by atomic mass is 9.78. The zero-order valence-corrected chi connectivity index (χ0v) is 21.6. The van der Waals surface area contributed by atoms with E-state index in [1.54, 1.807) is 0 Å². The van der Waals surface area contributed by atoms with E-state index in [1.165, 1.54) is 11.5 Å². The van der Waals surface area contributed by atoms with Crippen molar-refractivity contribution in [1.82, 2.24) is 9.53 Å². The fourth-order valence-electron chi connectivity index (χ4n) is 5.31. The van der Waals surface area contributed by atoms with Gasteiger partial charge in [-0.25, -0.2) is 0 Å². The van der Waals surface area contributed by atoms with Gasteiger partial charge in [0.2, 0.25) is 0 Å². The first-order valence-electron chi connectivity index (χ1n) is 12.4. The molecule has 0 saturated heterocycles. The number of halogens is 1. The molecule has 0 amide bonds. The lowest BCUT2D eigenvalue weighted by Crippen LogP contribution is -2.34. The Hall–Kier alpha value is -2.58. The Kier molecular flexibility index (Phi) is 6.20. The number of benzene rings is 2. The minimum atomic E-state index is -0.938. The van der Waals surface area contributed by atoms with Crippen LogP contribution in [0, 0.1) is 6.92 Å². The summed E-state index contributed by atoms with van der Waals surface area (Å²) in [6.07, 6.45) is 5.67. The maximum Gasteiger partial charge on any atom is 0.170 e. The highest BCUT2D eigenvalue weighted by molar-refractivity contribution is 7.13. The molecule has 4 aromatic rings. The highest BCUT2D eigenvalue weighted by Crippen LogP contribution is 2.46. The Morgan fingerprint density at radius 3 is 2.75 bits per heavy atom. The predicted molar refractivity (Wildman–Crippen MR) is 140 cm³/mol. The van der Waals surface area contributed by atoms with Crippen molar-refractivity contribution in [3.05, 3.63) is 69.6 Å². The van der Waals surface area contributed by atoms with Gasteiger partial charge in [0.1, 0.15) is 17.1 Å². The molecule has 186 valence electrons. The standard InChI is InChI=1S/C28H27ClN2O4S/c1-16-3-2-4-22(29)25(16)26-21(27(35-30-26)17-5-6-17)15-34-19-9-11-28(33,12-10-19)18-7-8-24-20(13-18)23(14-32)31-36-24/h2-4,7-8,13-14,17,19,33H,5-6,9-12,15H2,1H3/t19-,28+. The van der Waals surface area contributed by atoms with Crippen LogP contribution in [-0.2, 0) is 16.9 Å². The third kappa shape index (κ3) is 4.28. The number of rotatable bonds is 7. The Bertz CT molecular complexity index is 1410. The van der Waals surface area contributed by atoms with E-state index in [-0.39, 0.29) is 6.10 Å². The average molecular weight is 523 g/mol. The number of hydrogen-bond donors (Lipinski definition) is 1. The van der Waals surface area contributed by atoms with Crippen LogP contribution in [0.4, 0.5) is 0 Å². The average Bonchev–Trinajstić information content (AvgIpc) is 3.51. The SMILES string of the molecule is Cc1cccc(Cl)c1-c1noc(C2CC2)c1CO[C@H]1CC[C@](O)(c2ccc3snc(C=O)c3c2)CC1. The van der Waals surface area contributed by atoms with Gasteiger partial charge in [-0.3, -0.25) is 4.79 Å². The molecule has 1 N–H and O–H groups in total. The Morgan fingerprint density at radius 1 is 1.22 bits per heavy atom. The fourth-order valence-corrected chi connectivity index (χ4v) is 6.35. The zero-order valence-electron chi connectivity index (χ0n) is 20.0. The number of fused-ring (bicyclic) bond motifs is 1. The maximum absolute atomic E-state index is 11.5. The van der Waals surface area contributed by atoms with Gasteiger partial charge in [0.05, 0.1) is 28.0 Å². The van der Waals surface area contributed by atoms with Crippen LogP contribution >= 0.6 is 23.1 Å². The van der Waals surface area contributed by atoms with Crippen molar-refractivity contribution in [2.75, 3.05) is 0 Å². The quantitative estimate of drug-likeness (QED) is 0.264. The Morgan fingerprint density at radius 2 is 2.03 bits per heavy atom. The van der Waals surface area contributed by atoms with Crippen LogP contribution in [0.5, 0.6) is 0 Å². The molecule has 0 unspecified atom stereocenters. The van der Waals surface area contributed by atoms with Crippen molar-refractivity contribution in [3.63, 3.8) is 0 Å². The lowest BCUT2D eigenvalue weighted by Gasteiger charge is -2.36. The smallest absolute Gasteiger partial charge is 0.170 e. The second kappa shape index (κ2) is 9.38. The molecule has 2 heterocycles. The molecule has 2 aromatic heterocycles. The first kappa shape index (κ1) is 23.8. The van der Waals surface area contributed by atoms with E-state index >= 15 is 0 Å². The molecule has 36 heavy (non-hydrogen) atoms. The topological polar surface area (TPSA) is 85.5 Å². The highest BCUT2D eigenvalue weighted by Gasteiger charge is 2.37. The van der Waals surface area contributed by atoms with Crippen molar-refractivity contribution >= 4 is 39.5 Å². The van der Waals surface area contributed by atoms with Gasteiger partial charge in [-0.05, 0) is 86.3 Å². The molecule has 2 fully saturated rings. The summed E-state index contributed by atoms with van der Waals surface area (Å²) in [4.78, 5) is 11.3. The maximum atomic E-state index is 11.5. The van der Waals surface area contributed by atoms with E-state index in [0.717, 1.165) is 75.8 Å². The van der Waals surface area contributed by atoms with E-state index in [1.807, 2.05) is 43.3 Å². The van der Waals surface area contributed by atoms with Crippen molar-refractivity contribution in [2.24, 2.45) is 0 Å². The lowest BCUT2D eigenvalue weighted by molar-refractivity contribution is -0.0640. The molecule has 0 atom stereocenters. The molecule has 2 aromatic carbocycles. The summed E-state index contributed by atoms with van der Waals surface area (Å²) in [6.45, 7) is 2.44. The molecule has 0 radical (unpaired) electrons. The number of hydrogen-bond acceptors (Lipinski definition) is 7. The van der Waals surface area contributed by atoms with E-state index in [2.05, 4.69) is 9.53 Å². The van der Waals surface area contributed by atoms with Gasteiger partial charge >= 0.3 is 0 Å². The molecule has 0 aliphatic heterocycles. The van der Waals surface area contributed by atoms with E-state index in [9.17, 15) is 9.90 Å². The first-order chi connectivity index (χ1) is 17.5. The molecule has 8 heteroatoms. The predicted octanol–water partition coefficient (Wildman–Crippen LogP) is 6.95. The molecular formula is C28H27ClN2O4S. The van der Waals surface area contributed by atoms with Crippen LogP contribution < -0.4 is 0 Å². The minimum absolute atomic E-state index is 0.0319. The third-order valence-corrected chi connectivity index (χ3v) is 8.75. The largest absolute Gasteiger partial charge is 0.385 e. The Balaban J connectivity index is 1.18. The van der Waals surface area contributed by atoms with Gasteiger partial charge in [-0.1, -0.05) is 35.0 Å². The first-order valence-corrected chi connectivity index (χ1v) is 13.5. The minimum Gasteiger partial charge on any atom is -0.385 e. The fraction of sp³-hybridized carbons (Fsp3) is 0.393. The summed E-state index contributed by atoms with van der Waals surface area (Å²) in [7, 11) is 0. The normalized spacial score (nSPS) is 22.2. The van der Waals surface area contributed by atoms with Gasteiger partial charge < -0.3 is 14.4 Å². The summed E-state index contributed by atoms with van der Waals surface area (Å²) in [5.74, 6) is 1.32. The van der Waals surface area contributed by atoms with Gasteiger partial charge in [0, 0.05) is 22.4 Å². The van der Waals surface area contributed by atoms with Gasteiger partial charge in [-0.15, -0.1) is 0 Å². The number of aldehydes is 1. The number of nitrogens with zero attached hydrogens (tertiary/aromatic N) is 2. The van der Waals surface area contributed by atoms with Crippen molar-refractivity contribution in [1.29, 1.82) is 0 Å². The number of aliphatic hydroxyl groups is 1. The van der Waals surface area contributed by atoms with E-state index < -0.39 is 5.60 Å². The second-order valence-electron chi connectivity index (χ2n) is 10.0. The monoisotopic (exact) mass is 522 g/mol. The third-order valence-electron chi connectivity index (χ3n) is 7.60. The zero-order chi connectivity index (χ0) is 24.9. The van der Waals surface area contributed by atoms with Crippen molar-refractivity contribution in [3.8, 4) is 11.3 Å². The van der Waals surface area contributed by atoms with Crippen molar-refractivity contribution in [2.45, 2.75) is 69.7 Å². The van der Waals surface area contributed by atoms with Crippen LogP contribution in [0.15, 0.2) is 40.9 Å². The number of carbonyl (C=O) groups is 1. The molecule has 2 saturated carbocycles. The summed E-state index contributed by atoms with van der Waals surface area (Å²) >= 11 is 7.86. The molecular weight excluding hydrogens is 496 g/mol. The summed E-state index contributed by atoms with van der Waals surface area (Å²) in [5, 5.41) is 17.3. The summed E-state index contributed by atoms with van der Waals surface area (Å²) < 4.78 is 17.4. The van der Waals surface area contributed by atoms with E-state index in [0.29, 0.717) is 36.1 Å². The molecule has 0 bridgehead atoms. The van der Waals surface area contributed by atoms with Crippen LogP contribution in [0.1, 0.15) is 77.4 Å². The summed E-state index contributed by atoms with van der Waals surface area (Å²) in [6, 6.07) is 11.7. The van der Waals surface area contributed by atoms with Gasteiger partial charge in [0.25, 0.3) is 0 Å². The van der Waals surface area contributed by atoms with Gasteiger partial charge in [0.15, 0.2) is 6.29 Å². The number of aromatic nitrogens is 2. The van der Waals surface area contributed by atoms with Crippen LogP contribution in [0.2, 0.25) is 5.02 Å². The number of ether oxygens (including phenoxy) is 1. The molecule has 6 rings (SSSR count). The van der Waals surface area contributed by atoms with E-state index in [4.69, 9.17) is 20.9 Å². The molecule has 2 aliphatic carbocycles. The molecule has 6 nitrogen and oxygen atoms in total. The Labute approximate surface area is 218 Å². The van der Waals surface area contributed by atoms with Crippen LogP contribution in [-0.4, -0.2) is 27.0 Å². The van der Waals surface area contributed by atoms with Gasteiger partial charge in [-0.2, -0.15) is 4.37 Å². The second-order valence-corrected chi connectivity index (χ2v) is 11.2. The number of aryl methyl sites for hydroxylation is 1.